The van der Waals surface area contributed by atoms with Gasteiger partial charge in [-0.3, -0.25) is 9.52 Å². The second kappa shape index (κ2) is 5.05. The maximum Gasteiger partial charge on any atom is 0.322 e. The predicted molar refractivity (Wildman–Crippen MR) is 62.3 cm³/mol. The highest BCUT2D eigenvalue weighted by Gasteiger charge is 2.18. The number of carbonyl (C=O) groups excluding carboxylic acids is 1. The summed E-state index contributed by atoms with van der Waals surface area (Å²) in [5.41, 5.74) is 0.812. The summed E-state index contributed by atoms with van der Waals surface area (Å²) in [6.07, 6.45) is 0. The number of phenols is 1. The van der Waals surface area contributed by atoms with E-state index >= 15 is 0 Å². The Balaban J connectivity index is 2.90. The number of nitrogens with one attached hydrogen (secondary N) is 1. The fourth-order valence-corrected chi connectivity index (χ4v) is 2.15. The second-order valence-corrected chi connectivity index (χ2v) is 5.18. The Morgan fingerprint density at radius 2 is 2.12 bits per heavy atom. The van der Waals surface area contributed by atoms with E-state index in [9.17, 15) is 18.3 Å². The molecular formula is C10H13NO5S. The van der Waals surface area contributed by atoms with Gasteiger partial charge in [0.25, 0.3) is 0 Å². The molecule has 0 amide bonds. The first-order valence-corrected chi connectivity index (χ1v) is 6.36. The van der Waals surface area contributed by atoms with Crippen LogP contribution in [0.5, 0.6) is 5.75 Å². The van der Waals surface area contributed by atoms with E-state index in [1.807, 2.05) is 0 Å². The van der Waals surface area contributed by atoms with Gasteiger partial charge >= 0.3 is 5.97 Å². The first kappa shape index (κ1) is 13.3. The summed E-state index contributed by atoms with van der Waals surface area (Å²) in [6.45, 7) is 1.75. The van der Waals surface area contributed by atoms with E-state index in [-0.39, 0.29) is 11.4 Å². The molecule has 0 heterocycles. The molecule has 1 rings (SSSR count). The molecule has 0 aliphatic rings. The first-order chi connectivity index (χ1) is 7.84. The summed E-state index contributed by atoms with van der Waals surface area (Å²) in [6, 6.07) is 4.46. The van der Waals surface area contributed by atoms with Crippen molar-refractivity contribution in [3.8, 4) is 5.75 Å². The highest BCUT2D eigenvalue weighted by molar-refractivity contribution is 7.93. The molecule has 7 heteroatoms. The van der Waals surface area contributed by atoms with Gasteiger partial charge in [-0.05, 0) is 24.6 Å². The van der Waals surface area contributed by atoms with Gasteiger partial charge in [0.05, 0.1) is 12.8 Å². The zero-order chi connectivity index (χ0) is 13.1. The smallest absolute Gasteiger partial charge is 0.322 e. The topological polar surface area (TPSA) is 92.7 Å². The van der Waals surface area contributed by atoms with Gasteiger partial charge in [0.15, 0.2) is 5.75 Å². The molecule has 0 aliphatic heterocycles. The average Bonchev–Trinajstić information content (AvgIpc) is 2.22. The maximum atomic E-state index is 11.5. The van der Waals surface area contributed by atoms with Crippen LogP contribution in [0, 0.1) is 6.92 Å². The zero-order valence-corrected chi connectivity index (χ0v) is 10.2. The molecule has 0 atom stereocenters. The third kappa shape index (κ3) is 3.95. The van der Waals surface area contributed by atoms with E-state index in [0.717, 1.165) is 12.7 Å². The highest BCUT2D eigenvalue weighted by atomic mass is 32.2. The van der Waals surface area contributed by atoms with Gasteiger partial charge in [0.1, 0.15) is 5.75 Å². The summed E-state index contributed by atoms with van der Waals surface area (Å²) < 4.78 is 29.4. The molecule has 0 aromatic heterocycles. The van der Waals surface area contributed by atoms with E-state index in [0.29, 0.717) is 0 Å². The lowest BCUT2D eigenvalue weighted by atomic mass is 10.2. The van der Waals surface area contributed by atoms with E-state index < -0.39 is 21.7 Å². The van der Waals surface area contributed by atoms with Crippen LogP contribution in [0.4, 0.5) is 5.69 Å². The molecule has 0 radical (unpaired) electrons. The average molecular weight is 259 g/mol. The number of ether oxygens (including phenoxy) is 1. The third-order valence-electron chi connectivity index (χ3n) is 1.95. The van der Waals surface area contributed by atoms with Crippen LogP contribution >= 0.6 is 0 Å². The lowest BCUT2D eigenvalue weighted by Gasteiger charge is -2.09. The summed E-state index contributed by atoms with van der Waals surface area (Å²) in [4.78, 5) is 10.9. The van der Waals surface area contributed by atoms with E-state index in [4.69, 9.17) is 0 Å². The molecule has 0 aliphatic carbocycles. The van der Waals surface area contributed by atoms with Gasteiger partial charge < -0.3 is 9.84 Å². The molecule has 2 N–H and O–H groups in total. The minimum atomic E-state index is -3.87. The number of benzene rings is 1. The van der Waals surface area contributed by atoms with Crippen LogP contribution in [-0.4, -0.2) is 32.4 Å². The molecule has 0 spiro atoms. The third-order valence-corrected chi connectivity index (χ3v) is 3.10. The zero-order valence-electron chi connectivity index (χ0n) is 9.43. The molecule has 0 saturated heterocycles. The van der Waals surface area contributed by atoms with Crippen LogP contribution in [0.15, 0.2) is 18.2 Å². The fraction of sp³-hybridized carbons (Fsp3) is 0.300. The molecule has 0 saturated carbocycles. The van der Waals surface area contributed by atoms with Gasteiger partial charge in [-0.1, -0.05) is 6.07 Å². The molecule has 6 nitrogen and oxygen atoms in total. The number of rotatable bonds is 4. The Morgan fingerprint density at radius 3 is 2.71 bits per heavy atom. The van der Waals surface area contributed by atoms with Crippen molar-refractivity contribution in [2.45, 2.75) is 6.92 Å². The summed E-state index contributed by atoms with van der Waals surface area (Å²) in [5, 5.41) is 9.45. The molecule has 94 valence electrons. The minimum Gasteiger partial charge on any atom is -0.506 e. The molecular weight excluding hydrogens is 246 g/mol. The van der Waals surface area contributed by atoms with Gasteiger partial charge in [-0.25, -0.2) is 8.42 Å². The fourth-order valence-electron chi connectivity index (χ4n) is 1.15. The number of phenolic OH excluding ortho intramolecular Hbond substituents is 1. The second-order valence-electron chi connectivity index (χ2n) is 3.46. The van der Waals surface area contributed by atoms with Gasteiger partial charge in [0.2, 0.25) is 10.0 Å². The van der Waals surface area contributed by atoms with Gasteiger partial charge in [-0.15, -0.1) is 0 Å². The number of sulfonamides is 1. The number of carbonyl (C=O) groups is 1. The van der Waals surface area contributed by atoms with Crippen molar-refractivity contribution in [2.75, 3.05) is 17.6 Å². The van der Waals surface area contributed by atoms with Crippen molar-refractivity contribution in [1.82, 2.24) is 0 Å². The van der Waals surface area contributed by atoms with Crippen LogP contribution in [0.2, 0.25) is 0 Å². The summed E-state index contributed by atoms with van der Waals surface area (Å²) >= 11 is 0. The van der Waals surface area contributed by atoms with Crippen molar-refractivity contribution in [3.63, 3.8) is 0 Å². The quantitative estimate of drug-likeness (QED) is 0.610. The number of methoxy groups -OCH3 is 1. The van der Waals surface area contributed by atoms with Gasteiger partial charge in [-0.2, -0.15) is 0 Å². The van der Waals surface area contributed by atoms with Crippen molar-refractivity contribution in [3.05, 3.63) is 23.8 Å². The summed E-state index contributed by atoms with van der Waals surface area (Å²) in [7, 11) is -2.77. The van der Waals surface area contributed by atoms with Crippen molar-refractivity contribution < 1.29 is 23.1 Å². The van der Waals surface area contributed by atoms with Crippen LogP contribution in [0.25, 0.3) is 0 Å². The normalized spacial score (nSPS) is 10.9. The Morgan fingerprint density at radius 1 is 1.47 bits per heavy atom. The Labute approximate surface area is 99.3 Å². The standard InChI is InChI=1S/C10H13NO5S/c1-7-3-4-9(12)8(5-7)11-17(14,15)6-10(13)16-2/h3-5,11-12H,6H2,1-2H3. The molecule has 0 unspecified atom stereocenters. The predicted octanol–water partition coefficient (Wildman–Crippen LogP) is 0.615. The number of aromatic hydroxyl groups is 1. The van der Waals surface area contributed by atoms with Crippen LogP contribution in [0.1, 0.15) is 5.56 Å². The monoisotopic (exact) mass is 259 g/mol. The van der Waals surface area contributed by atoms with Crippen LogP contribution in [0.3, 0.4) is 0 Å². The Hall–Kier alpha value is -1.76. The molecule has 17 heavy (non-hydrogen) atoms. The van der Waals surface area contributed by atoms with E-state index in [1.54, 1.807) is 13.0 Å². The largest absolute Gasteiger partial charge is 0.506 e. The Kier molecular flexibility index (Phi) is 3.95. The number of aryl methyl sites for hydroxylation is 1. The highest BCUT2D eigenvalue weighted by Crippen LogP contribution is 2.24. The minimum absolute atomic E-state index is 0.0360. The lowest BCUT2D eigenvalue weighted by molar-refractivity contribution is -0.137. The number of anilines is 1. The van der Waals surface area contributed by atoms with Crippen LogP contribution < -0.4 is 4.72 Å². The summed E-state index contributed by atoms with van der Waals surface area (Å²) in [5.74, 6) is -1.87. The molecule has 0 fully saturated rings. The van der Waals surface area contributed by atoms with Crippen molar-refractivity contribution >= 4 is 21.7 Å². The van der Waals surface area contributed by atoms with Crippen molar-refractivity contribution in [2.24, 2.45) is 0 Å². The van der Waals surface area contributed by atoms with Crippen molar-refractivity contribution in [1.29, 1.82) is 0 Å². The lowest BCUT2D eigenvalue weighted by Crippen LogP contribution is -2.23. The molecule has 0 bridgehead atoms. The maximum absolute atomic E-state index is 11.5. The molecule has 1 aromatic carbocycles. The SMILES string of the molecule is COC(=O)CS(=O)(=O)Nc1cc(C)ccc1O. The molecule has 1 aromatic rings. The van der Waals surface area contributed by atoms with E-state index in [2.05, 4.69) is 9.46 Å². The first-order valence-electron chi connectivity index (χ1n) is 4.71. The van der Waals surface area contributed by atoms with Gasteiger partial charge in [0, 0.05) is 0 Å². The number of hydrogen-bond donors (Lipinski definition) is 2. The number of hydrogen-bond acceptors (Lipinski definition) is 5. The Bertz CT molecular complexity index is 523. The van der Waals surface area contributed by atoms with E-state index in [1.165, 1.54) is 12.1 Å². The number of esters is 1. The van der Waals surface area contributed by atoms with Crippen LogP contribution in [-0.2, 0) is 19.6 Å².